The van der Waals surface area contributed by atoms with E-state index in [1.54, 1.807) is 20.8 Å². The molecule has 3 aromatic rings. The average molecular weight is 503 g/mol. The Kier molecular flexibility index (Phi) is 9.06. The number of carbonyl (C=O) groups is 3. The maximum absolute atomic E-state index is 13.5. The van der Waals surface area contributed by atoms with Gasteiger partial charge in [0.2, 0.25) is 5.91 Å². The molecule has 1 atom stereocenters. The van der Waals surface area contributed by atoms with Gasteiger partial charge in [-0.05, 0) is 43.9 Å². The molecule has 0 saturated carbocycles. The largest absolute Gasteiger partial charge is 0.481 e. The summed E-state index contributed by atoms with van der Waals surface area (Å²) in [5.74, 6) is -1.35. The molecule has 1 unspecified atom stereocenters. The Morgan fingerprint density at radius 1 is 0.784 bits per heavy atom. The monoisotopic (exact) mass is 502 g/mol. The van der Waals surface area contributed by atoms with Gasteiger partial charge in [0, 0.05) is 12.5 Å². The highest BCUT2D eigenvalue weighted by Gasteiger charge is 2.37. The van der Waals surface area contributed by atoms with Gasteiger partial charge >= 0.3 is 12.1 Å². The van der Waals surface area contributed by atoms with Gasteiger partial charge in [0.25, 0.3) is 0 Å². The molecule has 0 saturated heterocycles. The number of hydrogen-bond acceptors (Lipinski definition) is 4. The Hall–Kier alpha value is -4.13. The number of alkyl carbamates (subject to hydrolysis) is 1. The number of amides is 2. The number of hydrogen-bond donors (Lipinski definition) is 3. The highest BCUT2D eigenvalue weighted by atomic mass is 16.6. The number of carbonyl (C=O) groups excluding carboxylic acids is 2. The fourth-order valence-electron chi connectivity index (χ4n) is 4.27. The quantitative estimate of drug-likeness (QED) is 0.329. The number of rotatable bonds is 10. The number of nitrogens with one attached hydrogen (secondary N) is 2. The molecule has 0 radical (unpaired) electrons. The lowest BCUT2D eigenvalue weighted by Gasteiger charge is -2.37. The van der Waals surface area contributed by atoms with Crippen molar-refractivity contribution >= 4 is 18.0 Å². The molecule has 7 heteroatoms. The molecule has 0 heterocycles. The predicted octanol–water partition coefficient (Wildman–Crippen LogP) is 5.24. The minimum atomic E-state index is -1.08. The highest BCUT2D eigenvalue weighted by molar-refractivity contribution is 5.79. The first-order valence-electron chi connectivity index (χ1n) is 12.3. The number of carboxylic acids is 1. The molecule has 2 amide bonds. The minimum absolute atomic E-state index is 0.00198. The van der Waals surface area contributed by atoms with Crippen LogP contribution in [0, 0.1) is 0 Å². The molecule has 37 heavy (non-hydrogen) atoms. The average Bonchev–Trinajstić information content (AvgIpc) is 2.86. The number of carboxylic acid groups (broad SMARTS) is 1. The van der Waals surface area contributed by atoms with Crippen LogP contribution >= 0.6 is 0 Å². The third kappa shape index (κ3) is 7.67. The third-order valence-electron chi connectivity index (χ3n) is 5.81. The molecule has 3 N–H and O–H groups in total. The van der Waals surface area contributed by atoms with Crippen LogP contribution < -0.4 is 10.6 Å². The van der Waals surface area contributed by atoms with Gasteiger partial charge in [0.15, 0.2) is 0 Å². The second kappa shape index (κ2) is 12.2. The fraction of sp³-hybridized carbons (Fsp3) is 0.300. The Bertz CT molecular complexity index is 1080. The third-order valence-corrected chi connectivity index (χ3v) is 5.81. The van der Waals surface area contributed by atoms with Gasteiger partial charge in [-0.3, -0.25) is 9.59 Å². The maximum atomic E-state index is 13.5. The lowest BCUT2D eigenvalue weighted by atomic mass is 9.77. The van der Waals surface area contributed by atoms with Gasteiger partial charge in [-0.15, -0.1) is 0 Å². The molecular weight excluding hydrogens is 468 g/mol. The van der Waals surface area contributed by atoms with E-state index >= 15 is 0 Å². The van der Waals surface area contributed by atoms with E-state index in [-0.39, 0.29) is 25.2 Å². The van der Waals surface area contributed by atoms with Crippen LogP contribution in [-0.4, -0.2) is 34.7 Å². The van der Waals surface area contributed by atoms with Crippen LogP contribution in [0.25, 0.3) is 0 Å². The summed E-state index contributed by atoms with van der Waals surface area (Å²) in [7, 11) is 0. The van der Waals surface area contributed by atoms with Crippen molar-refractivity contribution in [2.75, 3.05) is 0 Å². The van der Waals surface area contributed by atoms with Crippen LogP contribution in [-0.2, 0) is 19.9 Å². The van der Waals surface area contributed by atoms with E-state index in [1.165, 1.54) is 0 Å². The van der Waals surface area contributed by atoms with Crippen LogP contribution in [0.15, 0.2) is 91.0 Å². The van der Waals surface area contributed by atoms with Crippen molar-refractivity contribution in [2.24, 2.45) is 0 Å². The molecule has 0 fully saturated rings. The van der Waals surface area contributed by atoms with Crippen LogP contribution in [0.1, 0.15) is 56.7 Å². The second-order valence-corrected chi connectivity index (χ2v) is 9.88. The zero-order valence-electron chi connectivity index (χ0n) is 21.4. The molecule has 0 bridgehead atoms. The second-order valence-electron chi connectivity index (χ2n) is 9.88. The first-order chi connectivity index (χ1) is 17.6. The van der Waals surface area contributed by atoms with Crippen LogP contribution in [0.2, 0.25) is 0 Å². The molecule has 0 aliphatic carbocycles. The Morgan fingerprint density at radius 3 is 1.59 bits per heavy atom. The Labute approximate surface area is 217 Å². The first-order valence-corrected chi connectivity index (χ1v) is 12.3. The summed E-state index contributed by atoms with van der Waals surface area (Å²) in [4.78, 5) is 37.1. The molecule has 7 nitrogen and oxygen atoms in total. The van der Waals surface area contributed by atoms with E-state index in [0.717, 1.165) is 16.7 Å². The molecule has 0 aromatic heterocycles. The molecule has 0 aliphatic rings. The van der Waals surface area contributed by atoms with Gasteiger partial charge in [-0.1, -0.05) is 91.0 Å². The van der Waals surface area contributed by atoms with E-state index in [0.29, 0.717) is 0 Å². The Morgan fingerprint density at radius 2 is 1.22 bits per heavy atom. The molecular formula is C30H34N2O5. The standard InChI is InChI=1S/C30H34N2O5/c1-29(2,3)37-28(36)31-25(21-27(34)35)19-20-26(33)32-30(22-13-7-4-8-14-22,23-15-9-5-10-16-23)24-17-11-6-12-18-24/h4-18,25H,19-21H2,1-3H3,(H,31,36)(H,32,33)(H,34,35). The van der Waals surface area contributed by atoms with Gasteiger partial charge in [-0.25, -0.2) is 4.79 Å². The van der Waals surface area contributed by atoms with Crippen LogP contribution in [0.3, 0.4) is 0 Å². The van der Waals surface area contributed by atoms with E-state index in [9.17, 15) is 19.5 Å². The van der Waals surface area contributed by atoms with Gasteiger partial charge < -0.3 is 20.5 Å². The maximum Gasteiger partial charge on any atom is 0.407 e. The summed E-state index contributed by atoms with van der Waals surface area (Å²) >= 11 is 0. The number of ether oxygens (including phenoxy) is 1. The normalized spacial score (nSPS) is 12.3. The summed E-state index contributed by atoms with van der Waals surface area (Å²) in [6.07, 6.45) is -0.909. The van der Waals surface area contributed by atoms with Crippen molar-refractivity contribution in [3.63, 3.8) is 0 Å². The van der Waals surface area contributed by atoms with Crippen molar-refractivity contribution in [3.05, 3.63) is 108 Å². The predicted molar refractivity (Wildman–Crippen MR) is 142 cm³/mol. The summed E-state index contributed by atoms with van der Waals surface area (Å²) < 4.78 is 5.27. The summed E-state index contributed by atoms with van der Waals surface area (Å²) in [6, 6.07) is 28.4. The highest BCUT2D eigenvalue weighted by Crippen LogP contribution is 2.36. The van der Waals surface area contributed by atoms with Gasteiger partial charge in [0.1, 0.15) is 11.1 Å². The van der Waals surface area contributed by atoms with E-state index in [2.05, 4.69) is 10.6 Å². The SMILES string of the molecule is CC(C)(C)OC(=O)NC(CCC(=O)NC(c1ccccc1)(c1ccccc1)c1ccccc1)CC(=O)O. The van der Waals surface area contributed by atoms with Crippen molar-refractivity contribution < 1.29 is 24.2 Å². The number of benzene rings is 3. The molecule has 194 valence electrons. The van der Waals surface area contributed by atoms with Gasteiger partial charge in [0.05, 0.1) is 6.42 Å². The first kappa shape index (κ1) is 27.5. The summed E-state index contributed by atoms with van der Waals surface area (Å²) in [5.41, 5.74) is 0.955. The fourth-order valence-corrected chi connectivity index (χ4v) is 4.27. The topological polar surface area (TPSA) is 105 Å². The van der Waals surface area contributed by atoms with Crippen LogP contribution in [0.4, 0.5) is 4.79 Å². The van der Waals surface area contributed by atoms with E-state index < -0.39 is 29.2 Å². The van der Waals surface area contributed by atoms with Crippen LogP contribution in [0.5, 0.6) is 0 Å². The molecule has 3 aromatic carbocycles. The van der Waals surface area contributed by atoms with Crippen molar-refractivity contribution in [2.45, 2.75) is 57.2 Å². The lowest BCUT2D eigenvalue weighted by molar-refractivity contribution is -0.137. The van der Waals surface area contributed by atoms with E-state index in [4.69, 9.17) is 4.74 Å². The molecule has 0 spiro atoms. The molecule has 3 rings (SSSR count). The summed E-state index contributed by atoms with van der Waals surface area (Å²) in [6.45, 7) is 5.17. The van der Waals surface area contributed by atoms with Crippen molar-refractivity contribution in [1.82, 2.24) is 10.6 Å². The number of aliphatic carboxylic acids is 1. The van der Waals surface area contributed by atoms with Gasteiger partial charge in [-0.2, -0.15) is 0 Å². The van der Waals surface area contributed by atoms with E-state index in [1.807, 2.05) is 91.0 Å². The minimum Gasteiger partial charge on any atom is -0.481 e. The zero-order valence-corrected chi connectivity index (χ0v) is 21.4. The van der Waals surface area contributed by atoms with Crippen molar-refractivity contribution in [1.29, 1.82) is 0 Å². The van der Waals surface area contributed by atoms with Crippen molar-refractivity contribution in [3.8, 4) is 0 Å². The lowest BCUT2D eigenvalue weighted by Crippen LogP contribution is -2.48. The summed E-state index contributed by atoms with van der Waals surface area (Å²) in [5, 5.41) is 15.2. The zero-order chi connectivity index (χ0) is 26.9. The molecule has 0 aliphatic heterocycles. The smallest absolute Gasteiger partial charge is 0.407 e. The Balaban J connectivity index is 1.89.